The summed E-state index contributed by atoms with van der Waals surface area (Å²) in [5.41, 5.74) is 1.66. The molecule has 0 radical (unpaired) electrons. The lowest BCUT2D eigenvalue weighted by Gasteiger charge is -2.33. The van der Waals surface area contributed by atoms with E-state index in [0.29, 0.717) is 32.6 Å². The molecule has 0 N–H and O–H groups in total. The highest BCUT2D eigenvalue weighted by atomic mass is 19.1. The maximum Gasteiger partial charge on any atom is 0.128 e. The van der Waals surface area contributed by atoms with Crippen LogP contribution in [0.1, 0.15) is 24.0 Å². The van der Waals surface area contributed by atoms with Crippen molar-refractivity contribution in [1.29, 1.82) is 0 Å². The first kappa shape index (κ1) is 11.2. The van der Waals surface area contributed by atoms with E-state index in [1.807, 2.05) is 0 Å². The van der Waals surface area contributed by atoms with Crippen molar-refractivity contribution in [2.75, 3.05) is 19.8 Å². The third kappa shape index (κ3) is 2.35. The summed E-state index contributed by atoms with van der Waals surface area (Å²) in [6, 6.07) is 8.40. The van der Waals surface area contributed by atoms with Gasteiger partial charge in [0.2, 0.25) is 0 Å². The van der Waals surface area contributed by atoms with Gasteiger partial charge in [-0.1, -0.05) is 24.3 Å². The molecular weight excluding hydrogens is 217 g/mol. The van der Waals surface area contributed by atoms with Crippen molar-refractivity contribution in [3.05, 3.63) is 35.4 Å². The largest absolute Gasteiger partial charge is 0.381 e. The van der Waals surface area contributed by atoms with Crippen LogP contribution in [0.25, 0.3) is 0 Å². The van der Waals surface area contributed by atoms with Crippen LogP contribution in [-0.2, 0) is 17.8 Å². The van der Waals surface area contributed by atoms with Gasteiger partial charge in [0, 0.05) is 45.7 Å². The van der Waals surface area contributed by atoms with Crippen molar-refractivity contribution < 1.29 is 9.13 Å². The van der Waals surface area contributed by atoms with E-state index >= 15 is 0 Å². The minimum absolute atomic E-state index is 0.542. The Morgan fingerprint density at radius 2 is 1.71 bits per heavy atom. The lowest BCUT2D eigenvalue weighted by Crippen LogP contribution is -2.41. The number of alkyl halides is 1. The molecule has 1 aromatic carbocycles. The molecule has 0 amide bonds. The molecule has 0 saturated carbocycles. The topological polar surface area (TPSA) is 12.5 Å². The molecule has 0 aliphatic carbocycles. The second-order valence-electron chi connectivity index (χ2n) is 5.18. The second-order valence-corrected chi connectivity index (χ2v) is 5.18. The van der Waals surface area contributed by atoms with E-state index in [0.717, 1.165) is 13.1 Å². The molecule has 1 saturated heterocycles. The Kier molecular flexibility index (Phi) is 2.89. The van der Waals surface area contributed by atoms with Crippen LogP contribution in [0, 0.1) is 0 Å². The van der Waals surface area contributed by atoms with Gasteiger partial charge in [-0.05, 0) is 11.1 Å². The summed E-state index contributed by atoms with van der Waals surface area (Å²) in [7, 11) is 0. The average Bonchev–Trinajstić information content (AvgIpc) is 2.71. The van der Waals surface area contributed by atoms with E-state index < -0.39 is 5.67 Å². The molecule has 0 atom stereocenters. The fourth-order valence-electron chi connectivity index (χ4n) is 2.81. The maximum atomic E-state index is 14.5. The first-order valence-corrected chi connectivity index (χ1v) is 6.31. The predicted octanol–water partition coefficient (Wildman–Crippen LogP) is 2.52. The van der Waals surface area contributed by atoms with E-state index in [4.69, 9.17) is 4.74 Å². The molecule has 92 valence electrons. The number of halogens is 1. The van der Waals surface area contributed by atoms with Crippen LogP contribution < -0.4 is 0 Å². The smallest absolute Gasteiger partial charge is 0.128 e. The molecule has 2 nitrogen and oxygen atoms in total. The summed E-state index contributed by atoms with van der Waals surface area (Å²) in [4.78, 5) is 2.22. The van der Waals surface area contributed by atoms with Gasteiger partial charge in [0.05, 0.1) is 0 Å². The molecule has 0 spiro atoms. The van der Waals surface area contributed by atoms with E-state index in [1.165, 1.54) is 11.1 Å². The monoisotopic (exact) mass is 235 g/mol. The Morgan fingerprint density at radius 1 is 1.12 bits per heavy atom. The quantitative estimate of drug-likeness (QED) is 0.781. The lowest BCUT2D eigenvalue weighted by atomic mass is 9.96. The Hall–Kier alpha value is -0.930. The van der Waals surface area contributed by atoms with Gasteiger partial charge in [-0.3, -0.25) is 4.90 Å². The molecule has 2 aliphatic rings. The van der Waals surface area contributed by atoms with Crippen molar-refractivity contribution in [3.8, 4) is 0 Å². The lowest BCUT2D eigenvalue weighted by molar-refractivity contribution is -0.0278. The first-order valence-electron chi connectivity index (χ1n) is 6.31. The second kappa shape index (κ2) is 4.39. The number of hydrogen-bond acceptors (Lipinski definition) is 2. The van der Waals surface area contributed by atoms with E-state index in [9.17, 15) is 4.39 Å². The summed E-state index contributed by atoms with van der Waals surface area (Å²) in [6.45, 7) is 3.46. The van der Waals surface area contributed by atoms with Crippen LogP contribution in [0.15, 0.2) is 24.3 Å². The normalized spacial score (nSPS) is 23.6. The van der Waals surface area contributed by atoms with Crippen molar-refractivity contribution in [2.24, 2.45) is 0 Å². The SMILES string of the molecule is FC1(CN2Cc3ccccc3C2)CCOCC1. The van der Waals surface area contributed by atoms with Gasteiger partial charge in [-0.25, -0.2) is 4.39 Å². The minimum Gasteiger partial charge on any atom is -0.381 e. The third-order valence-electron chi connectivity index (χ3n) is 3.80. The van der Waals surface area contributed by atoms with E-state index in [-0.39, 0.29) is 0 Å². The zero-order valence-electron chi connectivity index (χ0n) is 9.99. The summed E-state index contributed by atoms with van der Waals surface area (Å²) in [6.07, 6.45) is 1.08. The molecule has 0 bridgehead atoms. The molecule has 1 fully saturated rings. The third-order valence-corrected chi connectivity index (χ3v) is 3.80. The van der Waals surface area contributed by atoms with Crippen LogP contribution in [0.3, 0.4) is 0 Å². The molecule has 17 heavy (non-hydrogen) atoms. The summed E-state index contributed by atoms with van der Waals surface area (Å²) < 4.78 is 19.8. The van der Waals surface area contributed by atoms with E-state index in [1.54, 1.807) is 0 Å². The van der Waals surface area contributed by atoms with Gasteiger partial charge in [-0.2, -0.15) is 0 Å². The average molecular weight is 235 g/mol. The van der Waals surface area contributed by atoms with Gasteiger partial charge in [0.15, 0.2) is 0 Å². The summed E-state index contributed by atoms with van der Waals surface area (Å²) in [5, 5.41) is 0. The Bertz CT molecular complexity index is 376. The van der Waals surface area contributed by atoms with Crippen molar-refractivity contribution >= 4 is 0 Å². The molecular formula is C14H18FNO. The Morgan fingerprint density at radius 3 is 2.29 bits per heavy atom. The molecule has 3 heteroatoms. The summed E-state index contributed by atoms with van der Waals surface area (Å²) in [5.74, 6) is 0. The molecule has 0 unspecified atom stereocenters. The number of hydrogen-bond donors (Lipinski definition) is 0. The highest BCUT2D eigenvalue weighted by Gasteiger charge is 2.35. The first-order chi connectivity index (χ1) is 8.25. The Balaban J connectivity index is 1.65. The van der Waals surface area contributed by atoms with Crippen LogP contribution in [-0.4, -0.2) is 30.3 Å². The number of nitrogens with zero attached hydrogens (tertiary/aromatic N) is 1. The fourth-order valence-corrected chi connectivity index (χ4v) is 2.81. The number of fused-ring (bicyclic) bond motifs is 1. The number of ether oxygens (including phenoxy) is 1. The van der Waals surface area contributed by atoms with Crippen LogP contribution in [0.4, 0.5) is 4.39 Å². The van der Waals surface area contributed by atoms with Gasteiger partial charge in [-0.15, -0.1) is 0 Å². The van der Waals surface area contributed by atoms with Crippen molar-refractivity contribution in [1.82, 2.24) is 4.90 Å². The molecule has 2 heterocycles. The van der Waals surface area contributed by atoms with Gasteiger partial charge in [0.1, 0.15) is 5.67 Å². The van der Waals surface area contributed by atoms with Crippen LogP contribution in [0.2, 0.25) is 0 Å². The fraction of sp³-hybridized carbons (Fsp3) is 0.571. The van der Waals surface area contributed by atoms with Crippen molar-refractivity contribution in [3.63, 3.8) is 0 Å². The minimum atomic E-state index is -1.04. The standard InChI is InChI=1S/C14H18FNO/c15-14(5-7-17-8-6-14)11-16-9-12-3-1-2-4-13(12)10-16/h1-4H,5-11H2. The number of rotatable bonds is 2. The highest BCUT2D eigenvalue weighted by Crippen LogP contribution is 2.30. The van der Waals surface area contributed by atoms with Gasteiger partial charge < -0.3 is 4.74 Å². The Labute approximate surface area is 101 Å². The molecule has 1 aromatic rings. The van der Waals surface area contributed by atoms with E-state index in [2.05, 4.69) is 29.2 Å². The maximum absolute atomic E-state index is 14.5. The molecule has 3 rings (SSSR count). The van der Waals surface area contributed by atoms with Gasteiger partial charge >= 0.3 is 0 Å². The van der Waals surface area contributed by atoms with Crippen LogP contribution >= 0.6 is 0 Å². The van der Waals surface area contributed by atoms with Crippen molar-refractivity contribution in [2.45, 2.75) is 31.6 Å². The summed E-state index contributed by atoms with van der Waals surface area (Å²) >= 11 is 0. The molecule has 0 aromatic heterocycles. The molecule has 2 aliphatic heterocycles. The number of benzene rings is 1. The highest BCUT2D eigenvalue weighted by molar-refractivity contribution is 5.30. The predicted molar refractivity (Wildman–Crippen MR) is 64.4 cm³/mol. The zero-order chi connectivity index (χ0) is 11.7. The van der Waals surface area contributed by atoms with Crippen LogP contribution in [0.5, 0.6) is 0 Å². The van der Waals surface area contributed by atoms with Gasteiger partial charge in [0.25, 0.3) is 0 Å². The zero-order valence-corrected chi connectivity index (χ0v) is 9.99.